The Bertz CT molecular complexity index is 465. The fourth-order valence-electron chi connectivity index (χ4n) is 0.896. The van der Waals surface area contributed by atoms with Crippen LogP contribution in [0.5, 0.6) is 0 Å². The predicted octanol–water partition coefficient (Wildman–Crippen LogP) is 0.401. The molecule has 0 saturated carbocycles. The molecule has 0 aliphatic heterocycles. The lowest BCUT2D eigenvalue weighted by molar-refractivity contribution is 0.0981. The third kappa shape index (κ3) is 2.82. The molecule has 1 rings (SSSR count). The van der Waals surface area contributed by atoms with E-state index in [1.54, 1.807) is 6.92 Å². The third-order valence-corrected chi connectivity index (χ3v) is 3.51. The van der Waals surface area contributed by atoms with Gasteiger partial charge in [-0.25, -0.2) is 18.4 Å². The zero-order chi connectivity index (χ0) is 11.6. The van der Waals surface area contributed by atoms with Crippen molar-refractivity contribution in [3.8, 4) is 0 Å². The van der Waals surface area contributed by atoms with Crippen molar-refractivity contribution in [2.75, 3.05) is 6.26 Å². The van der Waals surface area contributed by atoms with E-state index in [1.165, 1.54) is 19.3 Å². The molecule has 0 aliphatic carbocycles. The van der Waals surface area contributed by atoms with Gasteiger partial charge in [0.05, 0.1) is 0 Å². The number of hydrogen-bond acceptors (Lipinski definition) is 5. The largest absolute Gasteiger partial charge is 0.289 e. The number of carbonyl (C=O) groups excluding carboxylic acids is 1. The zero-order valence-corrected chi connectivity index (χ0v) is 9.58. The molecule has 82 valence electrons. The first kappa shape index (κ1) is 11.8. The van der Waals surface area contributed by atoms with Gasteiger partial charge in [-0.1, -0.05) is 0 Å². The van der Waals surface area contributed by atoms with E-state index in [4.69, 9.17) is 0 Å². The molecule has 0 saturated heterocycles. The monoisotopic (exact) mass is 228 g/mol. The van der Waals surface area contributed by atoms with Crippen molar-refractivity contribution < 1.29 is 13.2 Å². The summed E-state index contributed by atoms with van der Waals surface area (Å²) in [5.41, 5.74) is 0.818. The van der Waals surface area contributed by atoms with Gasteiger partial charge in [0.1, 0.15) is 5.25 Å². The highest BCUT2D eigenvalue weighted by Crippen LogP contribution is 2.05. The highest BCUT2D eigenvalue weighted by molar-refractivity contribution is 7.92. The van der Waals surface area contributed by atoms with Crippen LogP contribution >= 0.6 is 0 Å². The van der Waals surface area contributed by atoms with Gasteiger partial charge in [0.2, 0.25) is 5.78 Å². The van der Waals surface area contributed by atoms with E-state index >= 15 is 0 Å². The maximum atomic E-state index is 11.6. The van der Waals surface area contributed by atoms with Crippen molar-refractivity contribution in [2.45, 2.75) is 19.1 Å². The highest BCUT2D eigenvalue weighted by Gasteiger charge is 2.26. The number of aryl methyl sites for hydroxylation is 1. The van der Waals surface area contributed by atoms with Crippen LogP contribution in [0, 0.1) is 6.92 Å². The number of hydrogen-bond donors (Lipinski definition) is 0. The number of ketones is 1. The average molecular weight is 228 g/mol. The van der Waals surface area contributed by atoms with Crippen molar-refractivity contribution in [2.24, 2.45) is 0 Å². The Hall–Kier alpha value is -1.30. The second kappa shape index (κ2) is 4.06. The number of carbonyl (C=O) groups is 1. The summed E-state index contributed by atoms with van der Waals surface area (Å²) in [6.45, 7) is 3.12. The molecule has 0 radical (unpaired) electrons. The summed E-state index contributed by atoms with van der Waals surface area (Å²) in [5.74, 6) is -0.629. The van der Waals surface area contributed by atoms with Crippen LogP contribution in [0.1, 0.15) is 23.1 Å². The molecular weight excluding hydrogens is 216 g/mol. The second-order valence-corrected chi connectivity index (χ2v) is 5.79. The Balaban J connectivity index is 3.01. The average Bonchev–Trinajstić information content (AvgIpc) is 2.15. The lowest BCUT2D eigenvalue weighted by atomic mass is 10.3. The molecule has 5 nitrogen and oxygen atoms in total. The molecule has 1 heterocycles. The number of nitrogens with zero attached hydrogens (tertiary/aromatic N) is 2. The molecule has 0 unspecified atom stereocenters. The minimum Gasteiger partial charge on any atom is -0.289 e. The third-order valence-electron chi connectivity index (χ3n) is 2.01. The van der Waals surface area contributed by atoms with Crippen molar-refractivity contribution in [1.82, 2.24) is 9.97 Å². The lowest BCUT2D eigenvalue weighted by Crippen LogP contribution is -2.27. The van der Waals surface area contributed by atoms with Gasteiger partial charge in [0.15, 0.2) is 15.7 Å². The zero-order valence-electron chi connectivity index (χ0n) is 8.76. The molecule has 0 bridgehead atoms. The number of sulfone groups is 1. The van der Waals surface area contributed by atoms with Crippen molar-refractivity contribution in [3.05, 3.63) is 23.8 Å². The molecule has 0 aromatic carbocycles. The van der Waals surface area contributed by atoms with Crippen LogP contribution in [0.15, 0.2) is 12.4 Å². The fraction of sp³-hybridized carbons (Fsp3) is 0.444. The smallest absolute Gasteiger partial charge is 0.217 e. The van der Waals surface area contributed by atoms with Crippen molar-refractivity contribution >= 4 is 15.6 Å². The number of aromatic nitrogens is 2. The van der Waals surface area contributed by atoms with E-state index < -0.39 is 20.9 Å². The molecule has 1 aromatic rings. The molecule has 0 fully saturated rings. The Labute approximate surface area is 88.5 Å². The molecule has 1 aromatic heterocycles. The lowest BCUT2D eigenvalue weighted by Gasteiger charge is -2.06. The maximum absolute atomic E-state index is 11.6. The molecule has 0 spiro atoms. The van der Waals surface area contributed by atoms with E-state index in [-0.39, 0.29) is 5.82 Å². The first-order valence-electron chi connectivity index (χ1n) is 4.34. The topological polar surface area (TPSA) is 77.0 Å². The molecule has 6 heteroatoms. The minimum atomic E-state index is -3.39. The summed E-state index contributed by atoms with van der Waals surface area (Å²) >= 11 is 0. The Kier molecular flexibility index (Phi) is 3.18. The minimum absolute atomic E-state index is 0.0569. The van der Waals surface area contributed by atoms with E-state index in [0.29, 0.717) is 0 Å². The molecule has 15 heavy (non-hydrogen) atoms. The van der Waals surface area contributed by atoms with Crippen LogP contribution in [-0.2, 0) is 9.84 Å². The van der Waals surface area contributed by atoms with E-state index in [2.05, 4.69) is 9.97 Å². The van der Waals surface area contributed by atoms with Crippen LogP contribution in [0.2, 0.25) is 0 Å². The first-order valence-corrected chi connectivity index (χ1v) is 6.29. The van der Waals surface area contributed by atoms with Gasteiger partial charge in [0.25, 0.3) is 0 Å². The SMILES string of the molecule is Cc1cnc(C(=O)[C@@H](C)S(C)(=O)=O)nc1. The first-order chi connectivity index (χ1) is 6.82. The molecular formula is C9H12N2O3S. The Morgan fingerprint density at radius 2 is 1.80 bits per heavy atom. The van der Waals surface area contributed by atoms with Gasteiger partial charge in [-0.2, -0.15) is 0 Å². The summed E-state index contributed by atoms with van der Waals surface area (Å²) in [7, 11) is -3.39. The number of Topliss-reactive ketones (excluding diaryl/α,β-unsaturated/α-hetero) is 1. The fourth-order valence-corrected chi connectivity index (χ4v) is 1.39. The quantitative estimate of drug-likeness (QED) is 0.700. The molecule has 1 atom stereocenters. The predicted molar refractivity (Wildman–Crippen MR) is 55.4 cm³/mol. The van der Waals surface area contributed by atoms with Crippen LogP contribution in [0.4, 0.5) is 0 Å². The van der Waals surface area contributed by atoms with Gasteiger partial charge in [0, 0.05) is 18.6 Å². The van der Waals surface area contributed by atoms with E-state index in [0.717, 1.165) is 11.8 Å². The normalized spacial score (nSPS) is 13.5. The summed E-state index contributed by atoms with van der Waals surface area (Å²) in [6, 6.07) is 0. The van der Waals surface area contributed by atoms with Crippen LogP contribution in [0.25, 0.3) is 0 Å². The molecule has 0 aliphatic rings. The number of rotatable bonds is 3. The van der Waals surface area contributed by atoms with Gasteiger partial charge in [-0.05, 0) is 19.4 Å². The summed E-state index contributed by atoms with van der Waals surface area (Å²) in [6.07, 6.45) is 3.98. The van der Waals surface area contributed by atoms with Crippen LogP contribution in [0.3, 0.4) is 0 Å². The summed E-state index contributed by atoms with van der Waals surface area (Å²) < 4.78 is 22.3. The standard InChI is InChI=1S/C9H12N2O3S/c1-6-4-10-9(11-5-6)8(12)7(2)15(3,13)14/h4-5,7H,1-3H3/t7-/m1/s1. The Morgan fingerprint density at radius 1 is 1.33 bits per heavy atom. The molecule has 0 amide bonds. The van der Waals surface area contributed by atoms with Crippen LogP contribution < -0.4 is 0 Å². The van der Waals surface area contributed by atoms with Gasteiger partial charge >= 0.3 is 0 Å². The van der Waals surface area contributed by atoms with E-state index in [9.17, 15) is 13.2 Å². The van der Waals surface area contributed by atoms with Gasteiger partial charge in [-0.15, -0.1) is 0 Å². The highest BCUT2D eigenvalue weighted by atomic mass is 32.2. The van der Waals surface area contributed by atoms with E-state index in [1.807, 2.05) is 0 Å². The maximum Gasteiger partial charge on any atom is 0.217 e. The Morgan fingerprint density at radius 3 is 2.20 bits per heavy atom. The van der Waals surface area contributed by atoms with Crippen molar-refractivity contribution in [3.63, 3.8) is 0 Å². The summed E-state index contributed by atoms with van der Waals surface area (Å²) in [4.78, 5) is 19.2. The molecule has 0 N–H and O–H groups in total. The van der Waals surface area contributed by atoms with Gasteiger partial charge < -0.3 is 0 Å². The second-order valence-electron chi connectivity index (χ2n) is 3.42. The van der Waals surface area contributed by atoms with Crippen molar-refractivity contribution in [1.29, 1.82) is 0 Å². The van der Waals surface area contributed by atoms with Crippen LogP contribution in [-0.4, -0.2) is 35.7 Å². The van der Waals surface area contributed by atoms with Gasteiger partial charge in [-0.3, -0.25) is 4.79 Å². The summed E-state index contributed by atoms with van der Waals surface area (Å²) in [5, 5.41) is -1.10.